The third-order valence-corrected chi connectivity index (χ3v) is 5.15. The molecule has 1 atom stereocenters. The second-order valence-electron chi connectivity index (χ2n) is 7.78. The van der Waals surface area contributed by atoms with Crippen molar-refractivity contribution in [2.45, 2.75) is 39.3 Å². The number of hydrogen-bond acceptors (Lipinski definition) is 4. The normalized spacial score (nSPS) is 18.3. The Bertz CT molecular complexity index is 1010. The largest absolute Gasteiger partial charge is 0.507 e. The van der Waals surface area contributed by atoms with Gasteiger partial charge in [-0.3, -0.25) is 9.59 Å². The van der Waals surface area contributed by atoms with Crippen LogP contribution in [-0.2, 0) is 14.3 Å². The summed E-state index contributed by atoms with van der Waals surface area (Å²) in [7, 11) is 0. The Morgan fingerprint density at radius 2 is 1.81 bits per heavy atom. The quantitative estimate of drug-likeness (QED) is 0.304. The number of ether oxygens (including phenoxy) is 1. The third kappa shape index (κ3) is 4.82. The zero-order valence-electron chi connectivity index (χ0n) is 17.7. The maximum Gasteiger partial charge on any atom is 0.295 e. The van der Waals surface area contributed by atoms with Crippen molar-refractivity contribution >= 4 is 17.4 Å². The van der Waals surface area contributed by atoms with Gasteiger partial charge in [0.25, 0.3) is 11.7 Å². The number of aryl methyl sites for hydroxylation is 1. The molecule has 1 heterocycles. The van der Waals surface area contributed by atoms with Gasteiger partial charge >= 0.3 is 0 Å². The highest BCUT2D eigenvalue weighted by atomic mass is 19.1. The number of aliphatic hydroxyl groups excluding tert-OH is 1. The van der Waals surface area contributed by atoms with Gasteiger partial charge in [0.2, 0.25) is 0 Å². The van der Waals surface area contributed by atoms with Gasteiger partial charge in [0.15, 0.2) is 0 Å². The molecule has 1 aliphatic heterocycles. The van der Waals surface area contributed by atoms with Crippen molar-refractivity contribution in [3.8, 4) is 0 Å². The van der Waals surface area contributed by atoms with Crippen LogP contribution < -0.4 is 0 Å². The van der Waals surface area contributed by atoms with Gasteiger partial charge in [-0.15, -0.1) is 0 Å². The zero-order chi connectivity index (χ0) is 22.7. The van der Waals surface area contributed by atoms with Crippen LogP contribution in [0, 0.1) is 18.6 Å². The molecule has 2 aromatic carbocycles. The number of rotatable bonds is 7. The Hall–Kier alpha value is -3.06. The number of amides is 1. The number of Topliss-reactive ketones (excluding diaryl/α,β-unsaturated/α-hetero) is 1. The summed E-state index contributed by atoms with van der Waals surface area (Å²) in [5.74, 6) is -2.88. The van der Waals surface area contributed by atoms with Crippen LogP contribution in [0.25, 0.3) is 5.76 Å². The van der Waals surface area contributed by atoms with Crippen molar-refractivity contribution in [1.29, 1.82) is 0 Å². The molecule has 3 rings (SSSR count). The predicted molar refractivity (Wildman–Crippen MR) is 112 cm³/mol. The highest BCUT2D eigenvalue weighted by molar-refractivity contribution is 6.46. The summed E-state index contributed by atoms with van der Waals surface area (Å²) in [6.07, 6.45) is 0.517. The lowest BCUT2D eigenvalue weighted by Crippen LogP contribution is -2.31. The average Bonchev–Trinajstić information content (AvgIpc) is 2.98. The van der Waals surface area contributed by atoms with E-state index >= 15 is 0 Å². The number of halogens is 2. The van der Waals surface area contributed by atoms with Crippen LogP contribution >= 0.6 is 0 Å². The molecule has 0 radical (unpaired) electrons. The first kappa shape index (κ1) is 22.6. The molecule has 0 aromatic heterocycles. The fraction of sp³-hybridized carbons (Fsp3) is 0.333. The van der Waals surface area contributed by atoms with Crippen LogP contribution in [0.2, 0.25) is 0 Å². The van der Waals surface area contributed by atoms with E-state index in [-0.39, 0.29) is 23.8 Å². The summed E-state index contributed by atoms with van der Waals surface area (Å²) in [5.41, 5.74) is 0.910. The Balaban J connectivity index is 2.04. The number of ketones is 1. The zero-order valence-corrected chi connectivity index (χ0v) is 17.7. The van der Waals surface area contributed by atoms with E-state index in [4.69, 9.17) is 4.74 Å². The van der Waals surface area contributed by atoms with Crippen LogP contribution in [-0.4, -0.2) is 41.0 Å². The fourth-order valence-corrected chi connectivity index (χ4v) is 3.60. The number of hydrogen-bond donors (Lipinski definition) is 1. The lowest BCUT2D eigenvalue weighted by molar-refractivity contribution is -0.140. The number of benzene rings is 2. The summed E-state index contributed by atoms with van der Waals surface area (Å²) >= 11 is 0. The molecule has 7 heteroatoms. The fourth-order valence-electron chi connectivity index (χ4n) is 3.60. The minimum Gasteiger partial charge on any atom is -0.507 e. The molecule has 5 nitrogen and oxygen atoms in total. The Morgan fingerprint density at radius 1 is 1.13 bits per heavy atom. The second kappa shape index (κ2) is 9.39. The lowest BCUT2D eigenvalue weighted by atomic mass is 9.95. The maximum atomic E-state index is 13.7. The molecular formula is C24H25F2NO4. The number of likely N-dealkylation sites (tertiary alicyclic amines) is 1. The van der Waals surface area contributed by atoms with E-state index in [1.807, 2.05) is 13.8 Å². The SMILES string of the molecule is Cc1cc(/C(O)=C2/C(=O)C(=O)N(CCCOC(C)C)C2c2ccc(F)cc2)ccc1F. The topological polar surface area (TPSA) is 66.8 Å². The van der Waals surface area contributed by atoms with Gasteiger partial charge in [0.05, 0.1) is 17.7 Å². The summed E-state index contributed by atoms with van der Waals surface area (Å²) in [6, 6.07) is 8.50. The van der Waals surface area contributed by atoms with Gasteiger partial charge in [0, 0.05) is 18.7 Å². The van der Waals surface area contributed by atoms with Crippen molar-refractivity contribution in [3.63, 3.8) is 0 Å². The predicted octanol–water partition coefficient (Wildman–Crippen LogP) is 4.51. The molecule has 2 aromatic rings. The monoisotopic (exact) mass is 429 g/mol. The molecule has 31 heavy (non-hydrogen) atoms. The molecule has 0 aliphatic carbocycles. The molecule has 164 valence electrons. The Kier molecular flexibility index (Phi) is 6.85. The van der Waals surface area contributed by atoms with Crippen LogP contribution in [0.1, 0.15) is 43.0 Å². The van der Waals surface area contributed by atoms with Crippen LogP contribution in [0.4, 0.5) is 8.78 Å². The van der Waals surface area contributed by atoms with Gasteiger partial charge in [-0.25, -0.2) is 8.78 Å². The van der Waals surface area contributed by atoms with Crippen LogP contribution in [0.3, 0.4) is 0 Å². The van der Waals surface area contributed by atoms with E-state index in [1.165, 1.54) is 54.3 Å². The number of aliphatic hydroxyl groups is 1. The number of carbonyl (C=O) groups excluding carboxylic acids is 2. The van der Waals surface area contributed by atoms with E-state index in [9.17, 15) is 23.5 Å². The van der Waals surface area contributed by atoms with E-state index in [2.05, 4.69) is 0 Å². The molecule has 0 saturated carbocycles. The molecule has 1 amide bonds. The first-order valence-corrected chi connectivity index (χ1v) is 10.1. The molecule has 0 spiro atoms. The smallest absolute Gasteiger partial charge is 0.295 e. The number of nitrogens with zero attached hydrogens (tertiary/aromatic N) is 1. The highest BCUT2D eigenvalue weighted by Crippen LogP contribution is 2.39. The molecule has 1 saturated heterocycles. The summed E-state index contributed by atoms with van der Waals surface area (Å²) in [6.45, 7) is 5.95. The van der Waals surface area contributed by atoms with Gasteiger partial charge < -0.3 is 14.7 Å². The molecule has 1 fully saturated rings. The van der Waals surface area contributed by atoms with Crippen LogP contribution in [0.15, 0.2) is 48.0 Å². The molecule has 1 N–H and O–H groups in total. The minimum atomic E-state index is -0.884. The first-order chi connectivity index (χ1) is 14.7. The lowest BCUT2D eigenvalue weighted by Gasteiger charge is -2.25. The third-order valence-electron chi connectivity index (χ3n) is 5.15. The summed E-state index contributed by atoms with van der Waals surface area (Å²) in [4.78, 5) is 27.1. The number of carbonyl (C=O) groups is 2. The van der Waals surface area contributed by atoms with E-state index in [1.54, 1.807) is 0 Å². The Morgan fingerprint density at radius 3 is 2.42 bits per heavy atom. The summed E-state index contributed by atoms with van der Waals surface area (Å²) in [5, 5.41) is 10.9. The molecule has 1 unspecified atom stereocenters. The van der Waals surface area contributed by atoms with Gasteiger partial charge in [-0.1, -0.05) is 12.1 Å². The van der Waals surface area contributed by atoms with Crippen molar-refractivity contribution in [2.75, 3.05) is 13.2 Å². The minimum absolute atomic E-state index is 0.0324. The van der Waals surface area contributed by atoms with Gasteiger partial charge in [-0.2, -0.15) is 0 Å². The first-order valence-electron chi connectivity index (χ1n) is 10.1. The van der Waals surface area contributed by atoms with Crippen LogP contribution in [0.5, 0.6) is 0 Å². The second-order valence-corrected chi connectivity index (χ2v) is 7.78. The van der Waals surface area contributed by atoms with Crippen molar-refractivity contribution < 1.29 is 28.2 Å². The maximum absolute atomic E-state index is 13.7. The summed E-state index contributed by atoms with van der Waals surface area (Å²) < 4.78 is 32.7. The van der Waals surface area contributed by atoms with Crippen molar-refractivity contribution in [3.05, 3.63) is 76.4 Å². The highest BCUT2D eigenvalue weighted by Gasteiger charge is 2.45. The van der Waals surface area contributed by atoms with Crippen molar-refractivity contribution in [1.82, 2.24) is 4.90 Å². The van der Waals surface area contributed by atoms with Gasteiger partial charge in [-0.05, 0) is 68.7 Å². The van der Waals surface area contributed by atoms with Gasteiger partial charge in [0.1, 0.15) is 17.4 Å². The van der Waals surface area contributed by atoms with E-state index in [0.29, 0.717) is 24.2 Å². The standard InChI is InChI=1S/C24H25F2NO4/c1-14(2)31-12-4-11-27-21(16-5-8-18(25)9-6-16)20(23(29)24(27)30)22(28)17-7-10-19(26)15(3)13-17/h5-10,13-14,21,28H,4,11-12H2,1-3H3/b22-20-. The molecule has 1 aliphatic rings. The average molecular weight is 429 g/mol. The van der Waals surface area contributed by atoms with Crippen molar-refractivity contribution in [2.24, 2.45) is 0 Å². The van der Waals surface area contributed by atoms with E-state index < -0.39 is 35.1 Å². The van der Waals surface area contributed by atoms with E-state index in [0.717, 1.165) is 0 Å². The molecular weight excluding hydrogens is 404 g/mol. The Labute approximate surface area is 179 Å². The molecule has 0 bridgehead atoms.